The number of rotatable bonds is 3. The molecule has 21 heavy (non-hydrogen) atoms. The Morgan fingerprint density at radius 2 is 1.67 bits per heavy atom. The number of nitrogens with one attached hydrogen (secondary N) is 1. The lowest BCUT2D eigenvalue weighted by atomic mass is 9.94. The molecule has 0 heterocycles. The summed E-state index contributed by atoms with van der Waals surface area (Å²) in [5.41, 5.74) is 1.50. The molecule has 1 atom stereocenters. The largest absolute Gasteiger partial charge is 0.416 e. The molecule has 3 N–H and O–H groups in total. The summed E-state index contributed by atoms with van der Waals surface area (Å²) < 4.78 is 52.5. The summed E-state index contributed by atoms with van der Waals surface area (Å²) in [7, 11) is 0. The van der Waals surface area contributed by atoms with E-state index >= 15 is 0 Å². The van der Waals surface area contributed by atoms with Crippen LogP contribution in [0.4, 0.5) is 17.6 Å². The zero-order valence-corrected chi connectivity index (χ0v) is 11.3. The molecule has 0 radical (unpaired) electrons. The summed E-state index contributed by atoms with van der Waals surface area (Å²) >= 11 is 5.74. The van der Waals surface area contributed by atoms with E-state index in [0.29, 0.717) is 16.7 Å². The van der Waals surface area contributed by atoms with Gasteiger partial charge < -0.3 is 0 Å². The Kier molecular flexibility index (Phi) is 4.51. The normalized spacial score (nSPS) is 13.2. The molecule has 0 saturated carbocycles. The molecule has 0 aliphatic rings. The zero-order chi connectivity index (χ0) is 15.6. The van der Waals surface area contributed by atoms with E-state index in [1.165, 1.54) is 24.3 Å². The number of hydrogen-bond donors (Lipinski definition) is 2. The summed E-state index contributed by atoms with van der Waals surface area (Å²) in [5, 5.41) is 0.435. The highest BCUT2D eigenvalue weighted by atomic mass is 35.5. The first-order chi connectivity index (χ1) is 9.82. The summed E-state index contributed by atoms with van der Waals surface area (Å²) in [6, 6.07) is 7.38. The van der Waals surface area contributed by atoms with Gasteiger partial charge in [-0.05, 0) is 41.5 Å². The summed E-state index contributed by atoms with van der Waals surface area (Å²) in [4.78, 5) is 0. The zero-order valence-electron chi connectivity index (χ0n) is 10.6. The number of halogens is 5. The van der Waals surface area contributed by atoms with Crippen molar-refractivity contribution in [2.75, 3.05) is 0 Å². The highest BCUT2D eigenvalue weighted by molar-refractivity contribution is 6.30. The van der Waals surface area contributed by atoms with Crippen molar-refractivity contribution in [1.82, 2.24) is 5.43 Å². The van der Waals surface area contributed by atoms with Gasteiger partial charge in [0.05, 0.1) is 11.6 Å². The van der Waals surface area contributed by atoms with Crippen molar-refractivity contribution in [3.63, 3.8) is 0 Å². The molecule has 1 unspecified atom stereocenters. The van der Waals surface area contributed by atoms with E-state index in [1.807, 2.05) is 0 Å². The minimum atomic E-state index is -4.61. The lowest BCUT2D eigenvalue weighted by molar-refractivity contribution is -0.138. The Morgan fingerprint density at radius 3 is 2.19 bits per heavy atom. The third-order valence-electron chi connectivity index (χ3n) is 3.00. The van der Waals surface area contributed by atoms with E-state index < -0.39 is 23.6 Å². The molecule has 0 saturated heterocycles. The fourth-order valence-electron chi connectivity index (χ4n) is 2.05. The van der Waals surface area contributed by atoms with Gasteiger partial charge >= 0.3 is 6.18 Å². The maximum Gasteiger partial charge on any atom is 0.416 e. The molecule has 0 bridgehead atoms. The van der Waals surface area contributed by atoms with Crippen LogP contribution in [-0.2, 0) is 6.18 Å². The van der Waals surface area contributed by atoms with Crippen LogP contribution in [0.3, 0.4) is 0 Å². The van der Waals surface area contributed by atoms with Gasteiger partial charge in [0.25, 0.3) is 0 Å². The van der Waals surface area contributed by atoms with Crippen LogP contribution >= 0.6 is 11.6 Å². The first kappa shape index (κ1) is 15.8. The Labute approximate surface area is 123 Å². The van der Waals surface area contributed by atoms with Crippen LogP contribution in [-0.4, -0.2) is 0 Å². The van der Waals surface area contributed by atoms with Crippen molar-refractivity contribution in [2.24, 2.45) is 5.84 Å². The van der Waals surface area contributed by atoms with E-state index in [1.54, 1.807) is 0 Å². The summed E-state index contributed by atoms with van der Waals surface area (Å²) in [6.07, 6.45) is -4.61. The molecular formula is C14H11ClF4N2. The maximum atomic E-state index is 13.4. The highest BCUT2D eigenvalue weighted by Gasteiger charge is 2.35. The van der Waals surface area contributed by atoms with E-state index in [0.717, 1.165) is 12.1 Å². The van der Waals surface area contributed by atoms with Crippen molar-refractivity contribution in [1.29, 1.82) is 0 Å². The monoisotopic (exact) mass is 318 g/mol. The van der Waals surface area contributed by atoms with Gasteiger partial charge in [0.2, 0.25) is 0 Å². The second kappa shape index (κ2) is 6.01. The van der Waals surface area contributed by atoms with E-state index in [4.69, 9.17) is 17.4 Å². The van der Waals surface area contributed by atoms with Crippen molar-refractivity contribution >= 4 is 11.6 Å². The smallest absolute Gasteiger partial charge is 0.271 e. The highest BCUT2D eigenvalue weighted by Crippen LogP contribution is 2.36. The predicted molar refractivity (Wildman–Crippen MR) is 72.0 cm³/mol. The van der Waals surface area contributed by atoms with Gasteiger partial charge in [-0.2, -0.15) is 13.2 Å². The van der Waals surface area contributed by atoms with E-state index in [-0.39, 0.29) is 5.56 Å². The maximum absolute atomic E-state index is 13.4. The van der Waals surface area contributed by atoms with Gasteiger partial charge in [-0.3, -0.25) is 5.84 Å². The molecule has 0 fully saturated rings. The van der Waals surface area contributed by atoms with Crippen LogP contribution in [0.5, 0.6) is 0 Å². The fourth-order valence-corrected chi connectivity index (χ4v) is 2.18. The Hall–Kier alpha value is -1.63. The molecule has 2 rings (SSSR count). The average Bonchev–Trinajstić information content (AvgIpc) is 2.40. The minimum Gasteiger partial charge on any atom is -0.271 e. The second-order valence-corrected chi connectivity index (χ2v) is 4.82. The van der Waals surface area contributed by atoms with Gasteiger partial charge in [-0.1, -0.05) is 23.7 Å². The van der Waals surface area contributed by atoms with Gasteiger partial charge in [-0.15, -0.1) is 0 Å². The van der Waals surface area contributed by atoms with E-state index in [2.05, 4.69) is 5.43 Å². The average molecular weight is 319 g/mol. The van der Waals surface area contributed by atoms with Gasteiger partial charge in [0.15, 0.2) is 0 Å². The fraction of sp³-hybridized carbons (Fsp3) is 0.143. The molecular weight excluding hydrogens is 308 g/mol. The van der Waals surface area contributed by atoms with Gasteiger partial charge in [-0.25, -0.2) is 9.82 Å². The number of nitrogens with two attached hydrogens (primary N) is 1. The molecule has 0 aromatic heterocycles. The van der Waals surface area contributed by atoms with Crippen LogP contribution in [0.2, 0.25) is 5.02 Å². The second-order valence-electron chi connectivity index (χ2n) is 4.38. The SMILES string of the molecule is NNC(c1ccc(Cl)cc1)c1cc(F)ccc1C(F)(F)F. The number of benzene rings is 2. The van der Waals surface area contributed by atoms with Crippen molar-refractivity contribution in [3.8, 4) is 0 Å². The number of alkyl halides is 3. The molecule has 112 valence electrons. The minimum absolute atomic E-state index is 0.285. The molecule has 2 aromatic rings. The third kappa shape index (κ3) is 3.53. The molecule has 0 amide bonds. The standard InChI is InChI=1S/C14H11ClF4N2/c15-9-3-1-8(2-4-9)13(21-20)11-7-10(16)5-6-12(11)14(17,18)19/h1-7,13,21H,20H2. The van der Waals surface area contributed by atoms with Crippen LogP contribution < -0.4 is 11.3 Å². The predicted octanol–water partition coefficient (Wildman–Crippen LogP) is 4.05. The number of hydrogen-bond acceptors (Lipinski definition) is 2. The summed E-state index contributed by atoms with van der Waals surface area (Å²) in [6.45, 7) is 0. The third-order valence-corrected chi connectivity index (χ3v) is 3.25. The van der Waals surface area contributed by atoms with Gasteiger partial charge in [0.1, 0.15) is 5.82 Å². The van der Waals surface area contributed by atoms with Crippen LogP contribution in [0, 0.1) is 5.82 Å². The first-order valence-corrected chi connectivity index (χ1v) is 6.29. The Morgan fingerprint density at radius 1 is 1.05 bits per heavy atom. The summed E-state index contributed by atoms with van der Waals surface area (Å²) in [5.74, 6) is 4.59. The topological polar surface area (TPSA) is 38.0 Å². The first-order valence-electron chi connectivity index (χ1n) is 5.91. The lowest BCUT2D eigenvalue weighted by Crippen LogP contribution is -2.30. The van der Waals surface area contributed by atoms with Crippen molar-refractivity contribution < 1.29 is 17.6 Å². The molecule has 7 heteroatoms. The van der Waals surface area contributed by atoms with E-state index in [9.17, 15) is 17.6 Å². The van der Waals surface area contributed by atoms with Gasteiger partial charge in [0, 0.05) is 5.02 Å². The van der Waals surface area contributed by atoms with Crippen LogP contribution in [0.1, 0.15) is 22.7 Å². The van der Waals surface area contributed by atoms with Crippen LogP contribution in [0.25, 0.3) is 0 Å². The molecule has 0 aliphatic carbocycles. The Bertz CT molecular complexity index is 626. The molecule has 0 aliphatic heterocycles. The molecule has 2 nitrogen and oxygen atoms in total. The molecule has 2 aromatic carbocycles. The van der Waals surface area contributed by atoms with Crippen LogP contribution in [0.15, 0.2) is 42.5 Å². The lowest BCUT2D eigenvalue weighted by Gasteiger charge is -2.21. The molecule has 0 spiro atoms. The van der Waals surface area contributed by atoms with Crippen molar-refractivity contribution in [3.05, 3.63) is 70.0 Å². The number of hydrazine groups is 1. The quantitative estimate of drug-likeness (QED) is 0.509. The Balaban J connectivity index is 2.56. The van der Waals surface area contributed by atoms with Crippen molar-refractivity contribution in [2.45, 2.75) is 12.2 Å².